The molecule has 0 atom stereocenters. The molecule has 0 aliphatic heterocycles. The first-order chi connectivity index (χ1) is 12.4. The van der Waals surface area contributed by atoms with Gasteiger partial charge in [0.25, 0.3) is 5.56 Å². The van der Waals surface area contributed by atoms with Crippen LogP contribution in [0.25, 0.3) is 11.2 Å². The van der Waals surface area contributed by atoms with Gasteiger partial charge >= 0.3 is 27.0 Å². The van der Waals surface area contributed by atoms with Crippen molar-refractivity contribution in [2.45, 2.75) is 0 Å². The summed E-state index contributed by atoms with van der Waals surface area (Å²) >= 11 is 0. The molecule has 148 valence electrons. The van der Waals surface area contributed by atoms with Crippen molar-refractivity contribution in [1.29, 1.82) is 0 Å². The van der Waals surface area contributed by atoms with Crippen LogP contribution in [0.1, 0.15) is 0 Å². The first-order valence-electron chi connectivity index (χ1n) is 6.34. The topological polar surface area (TPSA) is 264 Å². The highest BCUT2D eigenvalue weighted by Crippen LogP contribution is 2.53. The summed E-state index contributed by atoms with van der Waals surface area (Å²) in [6.45, 7) is 0. The predicted molar refractivity (Wildman–Crippen MR) is 87.4 cm³/mol. The molecule has 0 aliphatic rings. The number of fused-ring (bicyclic) bond motifs is 1. The standard InChI is InChI=1S/C5H4N4O3.C4H4N2.H4O7P2/c10-3-1-2(7-4(11)6-1)8-5(12)9-3;1-2-5-4-6-3-1;1-8(2,3)7-9(4,5)6/h(H4,6,7,8,9,10,11,12);1-4H;(H2,1,2,3)(H2,4,5,6). The zero-order chi connectivity index (χ0) is 20.7. The van der Waals surface area contributed by atoms with E-state index in [0.29, 0.717) is 0 Å². The van der Waals surface area contributed by atoms with E-state index in [9.17, 15) is 23.5 Å². The number of aromatic amines is 4. The van der Waals surface area contributed by atoms with Gasteiger partial charge in [0.1, 0.15) is 17.5 Å². The Morgan fingerprint density at radius 3 is 1.63 bits per heavy atom. The fraction of sp³-hybridized carbons (Fsp3) is 0. The molecular weight excluding hydrogens is 414 g/mol. The Balaban J connectivity index is 0.000000216. The van der Waals surface area contributed by atoms with E-state index in [-0.39, 0.29) is 11.2 Å². The average molecular weight is 426 g/mol. The number of nitrogens with one attached hydrogen (secondary N) is 4. The van der Waals surface area contributed by atoms with Crippen molar-refractivity contribution >= 4 is 26.8 Å². The highest BCUT2D eigenvalue weighted by molar-refractivity contribution is 7.60. The van der Waals surface area contributed by atoms with Gasteiger partial charge in [0.15, 0.2) is 0 Å². The lowest BCUT2D eigenvalue weighted by Gasteiger charge is -2.03. The normalized spacial score (nSPS) is 11.1. The van der Waals surface area contributed by atoms with Crippen molar-refractivity contribution in [3.8, 4) is 0 Å². The maximum absolute atomic E-state index is 10.9. The number of hydrogen-bond acceptors (Lipinski definition) is 8. The molecule has 0 radical (unpaired) electrons. The minimum atomic E-state index is -5.05. The molecule has 0 amide bonds. The van der Waals surface area contributed by atoms with Crippen molar-refractivity contribution in [2.24, 2.45) is 0 Å². The van der Waals surface area contributed by atoms with Crippen LogP contribution >= 0.6 is 15.6 Å². The van der Waals surface area contributed by atoms with Crippen LogP contribution in [0.15, 0.2) is 39.2 Å². The van der Waals surface area contributed by atoms with Gasteiger partial charge in [-0.2, -0.15) is 4.31 Å². The van der Waals surface area contributed by atoms with Gasteiger partial charge < -0.3 is 19.6 Å². The molecular formula is C9H12N6O10P2. The largest absolute Gasteiger partial charge is 0.478 e. The van der Waals surface area contributed by atoms with Gasteiger partial charge in [-0.05, 0) is 6.07 Å². The Morgan fingerprint density at radius 1 is 0.815 bits per heavy atom. The Kier molecular flexibility index (Phi) is 7.68. The lowest BCUT2D eigenvalue weighted by atomic mass is 10.5. The van der Waals surface area contributed by atoms with Crippen LogP contribution in [-0.2, 0) is 13.4 Å². The zero-order valence-electron chi connectivity index (χ0n) is 12.8. The van der Waals surface area contributed by atoms with Gasteiger partial charge in [-0.25, -0.2) is 28.7 Å². The van der Waals surface area contributed by atoms with Crippen LogP contribution in [0, 0.1) is 0 Å². The Labute approximate surface area is 146 Å². The summed E-state index contributed by atoms with van der Waals surface area (Å²) in [7, 11) is -10.1. The van der Waals surface area contributed by atoms with Gasteiger partial charge in [0.05, 0.1) is 0 Å². The number of H-pyrrole nitrogens is 4. The lowest BCUT2D eigenvalue weighted by Crippen LogP contribution is -2.21. The molecule has 3 aromatic heterocycles. The van der Waals surface area contributed by atoms with E-state index in [4.69, 9.17) is 19.6 Å². The van der Waals surface area contributed by atoms with Crippen molar-refractivity contribution in [1.82, 2.24) is 29.9 Å². The molecule has 0 saturated carbocycles. The van der Waals surface area contributed by atoms with Crippen molar-refractivity contribution < 1.29 is 33.0 Å². The van der Waals surface area contributed by atoms with E-state index in [1.54, 1.807) is 18.5 Å². The van der Waals surface area contributed by atoms with Crippen LogP contribution < -0.4 is 16.9 Å². The molecule has 0 aromatic carbocycles. The van der Waals surface area contributed by atoms with E-state index >= 15 is 0 Å². The summed E-state index contributed by atoms with van der Waals surface area (Å²) in [5, 5.41) is 0. The monoisotopic (exact) mass is 426 g/mol. The van der Waals surface area contributed by atoms with E-state index in [0.717, 1.165) is 0 Å². The fourth-order valence-electron chi connectivity index (χ4n) is 1.35. The van der Waals surface area contributed by atoms with E-state index < -0.39 is 32.6 Å². The van der Waals surface area contributed by atoms with Crippen LogP contribution in [0.5, 0.6) is 0 Å². The molecule has 0 fully saturated rings. The van der Waals surface area contributed by atoms with E-state index in [2.05, 4.69) is 29.2 Å². The summed E-state index contributed by atoms with van der Waals surface area (Å²) in [6, 6.07) is 1.78. The summed E-state index contributed by atoms with van der Waals surface area (Å²) in [5.74, 6) is 0. The third-order valence-corrected chi connectivity index (χ3v) is 3.81. The summed E-state index contributed by atoms with van der Waals surface area (Å²) in [4.78, 5) is 79.3. The minimum Gasteiger partial charge on any atom is -0.302 e. The fourth-order valence-corrected chi connectivity index (χ4v) is 2.46. The summed E-state index contributed by atoms with van der Waals surface area (Å²) in [6.07, 6.45) is 4.88. The van der Waals surface area contributed by atoms with E-state index in [1.165, 1.54) is 6.33 Å². The molecule has 3 aromatic rings. The summed E-state index contributed by atoms with van der Waals surface area (Å²) in [5.41, 5.74) is -1.65. The number of nitrogens with zero attached hydrogens (tertiary/aromatic N) is 2. The molecule has 0 saturated heterocycles. The first kappa shape index (κ1) is 22.3. The molecule has 8 N–H and O–H groups in total. The van der Waals surface area contributed by atoms with Crippen LogP contribution in [0.3, 0.4) is 0 Å². The molecule has 3 heterocycles. The SMILES string of the molecule is O=P(O)(O)OP(=O)(O)O.O=c1[nH]c(=O)c2[nH]c(=O)[nH]c2[nH]1.c1cncnc1. The highest BCUT2D eigenvalue weighted by Gasteiger charge is 2.27. The second-order valence-corrected chi connectivity index (χ2v) is 6.82. The van der Waals surface area contributed by atoms with Crippen LogP contribution in [-0.4, -0.2) is 49.5 Å². The Morgan fingerprint density at radius 2 is 1.30 bits per heavy atom. The van der Waals surface area contributed by atoms with Crippen LogP contribution in [0.4, 0.5) is 0 Å². The first-order valence-corrected chi connectivity index (χ1v) is 9.40. The second kappa shape index (κ2) is 9.29. The van der Waals surface area contributed by atoms with Crippen molar-refractivity contribution in [2.75, 3.05) is 0 Å². The number of imidazole rings is 1. The van der Waals surface area contributed by atoms with Gasteiger partial charge in [0.2, 0.25) is 0 Å². The van der Waals surface area contributed by atoms with Gasteiger partial charge in [-0.3, -0.25) is 24.7 Å². The predicted octanol–water partition coefficient (Wildman–Crippen LogP) is -2.10. The highest BCUT2D eigenvalue weighted by atomic mass is 31.3. The van der Waals surface area contributed by atoms with E-state index in [1.807, 2.05) is 4.98 Å². The van der Waals surface area contributed by atoms with Crippen LogP contribution in [0.2, 0.25) is 0 Å². The quantitative estimate of drug-likeness (QED) is 0.205. The van der Waals surface area contributed by atoms with Crippen molar-refractivity contribution in [3.63, 3.8) is 0 Å². The zero-order valence-corrected chi connectivity index (χ0v) is 14.6. The van der Waals surface area contributed by atoms with Gasteiger partial charge in [-0.1, -0.05) is 0 Å². The molecule has 0 bridgehead atoms. The molecule has 0 aliphatic carbocycles. The number of aromatic nitrogens is 6. The minimum absolute atomic E-state index is 0.0413. The summed E-state index contributed by atoms with van der Waals surface area (Å²) < 4.78 is 22.2. The molecule has 3 rings (SSSR count). The van der Waals surface area contributed by atoms with Gasteiger partial charge in [0, 0.05) is 12.4 Å². The van der Waals surface area contributed by atoms with Gasteiger partial charge in [-0.15, -0.1) is 0 Å². The maximum Gasteiger partial charge on any atom is 0.478 e. The molecule has 0 spiro atoms. The second-order valence-electron chi connectivity index (χ2n) is 4.20. The molecule has 0 unspecified atom stereocenters. The number of phosphoric acid groups is 2. The average Bonchev–Trinajstić information content (AvgIpc) is 2.87. The molecule has 18 heteroatoms. The lowest BCUT2D eigenvalue weighted by molar-refractivity contribution is 0.225. The molecule has 16 nitrogen and oxygen atoms in total. The van der Waals surface area contributed by atoms with Crippen molar-refractivity contribution in [3.05, 3.63) is 56.1 Å². The Hall–Kier alpha value is -2.71. The Bertz CT molecular complexity index is 1070. The number of hydrogen-bond donors (Lipinski definition) is 8. The number of rotatable bonds is 2. The molecule has 27 heavy (non-hydrogen) atoms. The maximum atomic E-state index is 10.9. The third-order valence-electron chi connectivity index (χ3n) is 2.11. The smallest absolute Gasteiger partial charge is 0.302 e. The third kappa shape index (κ3) is 9.53.